The van der Waals surface area contributed by atoms with Crippen LogP contribution in [0.5, 0.6) is 5.75 Å². The summed E-state index contributed by atoms with van der Waals surface area (Å²) in [6.45, 7) is 9.28. The van der Waals surface area contributed by atoms with Gasteiger partial charge in [0.15, 0.2) is 0 Å². The number of aryl methyl sites for hydroxylation is 1. The maximum absolute atomic E-state index is 13.1. The van der Waals surface area contributed by atoms with Gasteiger partial charge in [0, 0.05) is 12.1 Å². The summed E-state index contributed by atoms with van der Waals surface area (Å²) in [5.74, 6) is 0.448. The molecule has 33 heavy (non-hydrogen) atoms. The van der Waals surface area contributed by atoms with Gasteiger partial charge in [-0.1, -0.05) is 19.9 Å². The number of carbonyl (C=O) groups excluding carboxylic acids is 1. The van der Waals surface area contributed by atoms with E-state index in [1.54, 1.807) is 7.11 Å². The van der Waals surface area contributed by atoms with Crippen molar-refractivity contribution in [2.45, 2.75) is 52.6 Å². The van der Waals surface area contributed by atoms with E-state index in [4.69, 9.17) is 4.74 Å². The second-order valence-corrected chi connectivity index (χ2v) is 10.2. The van der Waals surface area contributed by atoms with E-state index in [9.17, 15) is 23.3 Å². The highest BCUT2D eigenvalue weighted by atomic mass is 32.2. The van der Waals surface area contributed by atoms with Crippen LogP contribution in [0.1, 0.15) is 56.3 Å². The van der Waals surface area contributed by atoms with Crippen molar-refractivity contribution in [1.82, 2.24) is 5.32 Å². The Morgan fingerprint density at radius 2 is 1.76 bits per heavy atom. The first kappa shape index (κ1) is 26.1. The van der Waals surface area contributed by atoms with Crippen molar-refractivity contribution >= 4 is 27.3 Å². The lowest BCUT2D eigenvalue weighted by Crippen LogP contribution is -2.48. The number of anilines is 1. The fourth-order valence-electron chi connectivity index (χ4n) is 3.77. The first-order valence-corrected chi connectivity index (χ1v) is 12.3. The number of amides is 1. The number of carbonyl (C=O) groups is 1. The Kier molecular flexibility index (Phi) is 8.07. The average molecular weight is 478 g/mol. The molecular formula is C23H31N3O6S. The minimum Gasteiger partial charge on any atom is -0.496 e. The van der Waals surface area contributed by atoms with Gasteiger partial charge in [-0.05, 0) is 61.6 Å². The molecule has 0 radical (unpaired) electrons. The molecule has 2 aromatic carbocycles. The summed E-state index contributed by atoms with van der Waals surface area (Å²) in [6.07, 6.45) is 0.960. The van der Waals surface area contributed by atoms with Gasteiger partial charge in [-0.15, -0.1) is 0 Å². The molecule has 0 bridgehead atoms. The molecule has 0 spiro atoms. The van der Waals surface area contributed by atoms with Crippen molar-refractivity contribution in [2.75, 3.05) is 17.7 Å². The van der Waals surface area contributed by atoms with E-state index in [2.05, 4.69) is 5.32 Å². The number of methoxy groups -OCH3 is 1. The summed E-state index contributed by atoms with van der Waals surface area (Å²) in [5.41, 5.74) is 2.60. The van der Waals surface area contributed by atoms with E-state index >= 15 is 0 Å². The Balaban J connectivity index is 2.37. The number of hydrogen-bond acceptors (Lipinski definition) is 6. The van der Waals surface area contributed by atoms with Gasteiger partial charge in [0.05, 0.1) is 30.0 Å². The predicted octanol–water partition coefficient (Wildman–Crippen LogP) is 4.07. The van der Waals surface area contributed by atoms with Crippen LogP contribution in [0, 0.1) is 17.0 Å². The molecule has 10 heteroatoms. The van der Waals surface area contributed by atoms with Crippen molar-refractivity contribution in [3.8, 4) is 5.75 Å². The molecular weight excluding hydrogens is 446 g/mol. The van der Waals surface area contributed by atoms with Crippen molar-refractivity contribution in [3.63, 3.8) is 0 Å². The number of nitrogens with zero attached hydrogens (tertiary/aromatic N) is 2. The van der Waals surface area contributed by atoms with Crippen LogP contribution >= 0.6 is 0 Å². The van der Waals surface area contributed by atoms with Crippen LogP contribution in [0.15, 0.2) is 36.4 Å². The quantitative estimate of drug-likeness (QED) is 0.430. The van der Waals surface area contributed by atoms with Gasteiger partial charge in [0.25, 0.3) is 5.69 Å². The summed E-state index contributed by atoms with van der Waals surface area (Å²) < 4.78 is 31.4. The summed E-state index contributed by atoms with van der Waals surface area (Å²) in [5, 5.41) is 14.0. The van der Waals surface area contributed by atoms with E-state index in [1.807, 2.05) is 39.8 Å². The average Bonchev–Trinajstić information content (AvgIpc) is 2.72. The second-order valence-electron chi connectivity index (χ2n) is 8.35. The van der Waals surface area contributed by atoms with E-state index in [0.29, 0.717) is 0 Å². The molecule has 9 nitrogen and oxygen atoms in total. The molecule has 0 saturated carbocycles. The van der Waals surface area contributed by atoms with E-state index < -0.39 is 32.9 Å². The highest BCUT2D eigenvalue weighted by Crippen LogP contribution is 2.32. The molecule has 2 rings (SSSR count). The molecule has 0 unspecified atom stereocenters. The van der Waals surface area contributed by atoms with Crippen molar-refractivity contribution < 1.29 is 22.9 Å². The monoisotopic (exact) mass is 477 g/mol. The number of rotatable bonds is 9. The zero-order valence-electron chi connectivity index (χ0n) is 19.9. The lowest BCUT2D eigenvalue weighted by Gasteiger charge is -2.29. The topological polar surface area (TPSA) is 119 Å². The van der Waals surface area contributed by atoms with Gasteiger partial charge in [0.2, 0.25) is 15.9 Å². The van der Waals surface area contributed by atoms with Gasteiger partial charge >= 0.3 is 0 Å². The van der Waals surface area contributed by atoms with Crippen molar-refractivity contribution in [3.05, 3.63) is 63.2 Å². The van der Waals surface area contributed by atoms with Crippen LogP contribution in [0.4, 0.5) is 11.4 Å². The van der Waals surface area contributed by atoms with Crippen LogP contribution in [0.3, 0.4) is 0 Å². The summed E-state index contributed by atoms with van der Waals surface area (Å²) in [4.78, 5) is 23.6. The fraction of sp³-hybridized carbons (Fsp3) is 0.435. The fourth-order valence-corrected chi connectivity index (χ4v) is 4.94. The highest BCUT2D eigenvalue weighted by molar-refractivity contribution is 7.92. The number of ether oxygens (including phenoxy) is 1. The Morgan fingerprint density at radius 1 is 1.12 bits per heavy atom. The lowest BCUT2D eigenvalue weighted by molar-refractivity contribution is -0.384. The van der Waals surface area contributed by atoms with Crippen molar-refractivity contribution in [1.29, 1.82) is 0 Å². The number of nitro benzene ring substituents is 1. The number of hydrogen-bond donors (Lipinski definition) is 1. The maximum Gasteiger partial charge on any atom is 0.271 e. The van der Waals surface area contributed by atoms with Gasteiger partial charge in [-0.25, -0.2) is 8.42 Å². The second kappa shape index (κ2) is 10.2. The Hall–Kier alpha value is -3.14. The molecule has 0 fully saturated rings. The minimum absolute atomic E-state index is 0.0460. The largest absolute Gasteiger partial charge is 0.496 e. The van der Waals surface area contributed by atoms with Gasteiger partial charge < -0.3 is 10.1 Å². The third kappa shape index (κ3) is 6.01. The zero-order chi connectivity index (χ0) is 25.1. The number of sulfonamides is 1. The standard InChI is InChI=1S/C23H31N3O6S/c1-14(2)20-13-21(15(3)11-22(20)32-6)16(4)24-23(27)17(5)25(33(7,30)31)18-9-8-10-19(12-18)26(28)29/h8-14,16-17H,1-7H3,(H,24,27)/t16-,17-/m1/s1. The number of non-ortho nitro benzene ring substituents is 1. The zero-order valence-corrected chi connectivity index (χ0v) is 20.8. The van der Waals surface area contributed by atoms with Crippen LogP contribution in [0.25, 0.3) is 0 Å². The van der Waals surface area contributed by atoms with E-state index in [-0.39, 0.29) is 17.3 Å². The Labute approximate surface area is 195 Å². The summed E-state index contributed by atoms with van der Waals surface area (Å²) in [6, 6.07) is 7.57. The third-order valence-corrected chi connectivity index (χ3v) is 6.69. The molecule has 1 N–H and O–H groups in total. The molecule has 2 aromatic rings. The van der Waals surface area contributed by atoms with Gasteiger partial charge in [-0.2, -0.15) is 0 Å². The van der Waals surface area contributed by atoms with Crippen LogP contribution < -0.4 is 14.4 Å². The van der Waals surface area contributed by atoms with E-state index in [1.165, 1.54) is 25.1 Å². The Morgan fingerprint density at radius 3 is 2.27 bits per heavy atom. The molecule has 0 aliphatic rings. The molecule has 1 amide bonds. The summed E-state index contributed by atoms with van der Waals surface area (Å²) >= 11 is 0. The number of benzene rings is 2. The van der Waals surface area contributed by atoms with Crippen LogP contribution in [-0.2, 0) is 14.8 Å². The van der Waals surface area contributed by atoms with Crippen molar-refractivity contribution in [2.24, 2.45) is 0 Å². The first-order chi connectivity index (χ1) is 15.3. The maximum atomic E-state index is 13.1. The smallest absolute Gasteiger partial charge is 0.271 e. The molecule has 0 saturated heterocycles. The Bertz CT molecular complexity index is 1150. The molecule has 180 valence electrons. The molecule has 0 aromatic heterocycles. The highest BCUT2D eigenvalue weighted by Gasteiger charge is 2.31. The SMILES string of the molecule is COc1cc(C)c([C@@H](C)NC(=O)[C@@H](C)N(c2cccc([N+](=O)[O-])c2)S(C)(=O)=O)cc1C(C)C. The lowest BCUT2D eigenvalue weighted by atomic mass is 9.93. The summed E-state index contributed by atoms with van der Waals surface area (Å²) in [7, 11) is -2.29. The number of nitro groups is 1. The molecule has 0 aliphatic carbocycles. The van der Waals surface area contributed by atoms with Crippen LogP contribution in [-0.4, -0.2) is 38.7 Å². The normalized spacial score (nSPS) is 13.3. The number of nitrogens with one attached hydrogen (secondary N) is 1. The van der Waals surface area contributed by atoms with Crippen LogP contribution in [0.2, 0.25) is 0 Å². The molecule has 0 aliphatic heterocycles. The van der Waals surface area contributed by atoms with Gasteiger partial charge in [-0.3, -0.25) is 19.2 Å². The first-order valence-electron chi connectivity index (χ1n) is 10.5. The third-order valence-electron chi connectivity index (χ3n) is 5.45. The molecule has 0 heterocycles. The minimum atomic E-state index is -3.91. The molecule has 2 atom stereocenters. The van der Waals surface area contributed by atoms with E-state index in [0.717, 1.165) is 39.1 Å². The van der Waals surface area contributed by atoms with Gasteiger partial charge in [0.1, 0.15) is 11.8 Å². The predicted molar refractivity (Wildman–Crippen MR) is 128 cm³/mol.